The lowest BCUT2D eigenvalue weighted by Gasteiger charge is -2.07. The molecule has 2 nitrogen and oxygen atoms in total. The second-order valence-corrected chi connectivity index (χ2v) is 2.50. The van der Waals surface area contributed by atoms with Gasteiger partial charge in [0.1, 0.15) is 0 Å². The first kappa shape index (κ1) is 8.24. The Hall–Kier alpha value is -0.860. The molecule has 0 aliphatic rings. The fourth-order valence-electron chi connectivity index (χ4n) is 0.867. The van der Waals surface area contributed by atoms with Gasteiger partial charge in [0.15, 0.2) is 6.29 Å². The molecule has 2 heteroatoms. The molecule has 60 valence electrons. The van der Waals surface area contributed by atoms with Crippen LogP contribution in [0, 0.1) is 6.92 Å². The third kappa shape index (κ3) is 2.03. The molecule has 1 aromatic rings. The smallest absolute Gasteiger partial charge is 0.180 e. The number of methoxy groups -OCH3 is 1. The van der Waals surface area contributed by atoms with Gasteiger partial charge in [-0.3, -0.25) is 0 Å². The van der Waals surface area contributed by atoms with Crippen molar-refractivity contribution >= 4 is 0 Å². The summed E-state index contributed by atoms with van der Waals surface area (Å²) in [5, 5.41) is 9.20. The first-order valence-corrected chi connectivity index (χ1v) is 3.51. The zero-order valence-electron chi connectivity index (χ0n) is 6.74. The molecule has 0 aromatic heterocycles. The van der Waals surface area contributed by atoms with Gasteiger partial charge in [-0.2, -0.15) is 0 Å². The van der Waals surface area contributed by atoms with Gasteiger partial charge in [-0.25, -0.2) is 0 Å². The van der Waals surface area contributed by atoms with Gasteiger partial charge < -0.3 is 9.84 Å². The second kappa shape index (κ2) is 3.51. The Bertz CT molecular complexity index is 216. The monoisotopic (exact) mass is 152 g/mol. The molecule has 0 radical (unpaired) electrons. The van der Waals surface area contributed by atoms with Crippen molar-refractivity contribution in [3.63, 3.8) is 0 Å². The molecule has 0 amide bonds. The molecule has 0 aliphatic heterocycles. The van der Waals surface area contributed by atoms with Gasteiger partial charge in [-0.15, -0.1) is 0 Å². The maximum atomic E-state index is 9.20. The molecule has 1 aromatic carbocycles. The third-order valence-electron chi connectivity index (χ3n) is 1.59. The minimum atomic E-state index is -0.796. The second-order valence-electron chi connectivity index (χ2n) is 2.50. The summed E-state index contributed by atoms with van der Waals surface area (Å²) in [7, 11) is 1.48. The lowest BCUT2D eigenvalue weighted by Crippen LogP contribution is -1.98. The van der Waals surface area contributed by atoms with Crippen molar-refractivity contribution in [3.05, 3.63) is 35.4 Å². The zero-order valence-corrected chi connectivity index (χ0v) is 6.74. The summed E-state index contributed by atoms with van der Waals surface area (Å²) in [6.45, 7) is 2.00. The predicted octanol–water partition coefficient (Wildman–Crippen LogP) is 1.63. The summed E-state index contributed by atoms with van der Waals surface area (Å²) in [4.78, 5) is 0. The van der Waals surface area contributed by atoms with E-state index in [-0.39, 0.29) is 0 Å². The van der Waals surface area contributed by atoms with E-state index >= 15 is 0 Å². The summed E-state index contributed by atoms with van der Waals surface area (Å²) >= 11 is 0. The van der Waals surface area contributed by atoms with Crippen molar-refractivity contribution in [2.45, 2.75) is 13.2 Å². The SMILES string of the molecule is COC(O)c1ccc(C)cc1. The van der Waals surface area contributed by atoms with E-state index in [0.29, 0.717) is 0 Å². The van der Waals surface area contributed by atoms with Gasteiger partial charge >= 0.3 is 0 Å². The van der Waals surface area contributed by atoms with Crippen LogP contribution >= 0.6 is 0 Å². The van der Waals surface area contributed by atoms with Crippen LogP contribution in [0.3, 0.4) is 0 Å². The molecular weight excluding hydrogens is 140 g/mol. The summed E-state index contributed by atoms with van der Waals surface area (Å²) in [6, 6.07) is 7.59. The van der Waals surface area contributed by atoms with Crippen LogP contribution in [0.1, 0.15) is 17.4 Å². The minimum Gasteiger partial charge on any atom is -0.364 e. The summed E-state index contributed by atoms with van der Waals surface area (Å²) in [6.07, 6.45) is -0.796. The Kier molecular flexibility index (Phi) is 2.63. The standard InChI is InChI=1S/C9H12O2/c1-7-3-5-8(6-4-7)9(10)11-2/h3-6,9-10H,1-2H3. The highest BCUT2D eigenvalue weighted by atomic mass is 16.6. The average molecular weight is 152 g/mol. The van der Waals surface area contributed by atoms with Crippen molar-refractivity contribution in [2.24, 2.45) is 0 Å². The van der Waals surface area contributed by atoms with Gasteiger partial charge in [0.05, 0.1) is 0 Å². The number of aliphatic hydroxyl groups is 1. The van der Waals surface area contributed by atoms with Gasteiger partial charge in [0.25, 0.3) is 0 Å². The number of rotatable bonds is 2. The van der Waals surface area contributed by atoms with E-state index in [4.69, 9.17) is 4.74 Å². The lowest BCUT2D eigenvalue weighted by molar-refractivity contribution is -0.0769. The highest BCUT2D eigenvalue weighted by molar-refractivity contribution is 5.21. The molecule has 11 heavy (non-hydrogen) atoms. The highest BCUT2D eigenvalue weighted by Gasteiger charge is 2.02. The van der Waals surface area contributed by atoms with Crippen molar-refractivity contribution in [3.8, 4) is 0 Å². The van der Waals surface area contributed by atoms with Crippen molar-refractivity contribution in [2.75, 3.05) is 7.11 Å². The molecule has 0 bridgehead atoms. The topological polar surface area (TPSA) is 29.5 Å². The summed E-state index contributed by atoms with van der Waals surface area (Å²) in [5.74, 6) is 0. The molecule has 0 heterocycles. The molecule has 1 unspecified atom stereocenters. The molecule has 0 fully saturated rings. The highest BCUT2D eigenvalue weighted by Crippen LogP contribution is 2.13. The molecular formula is C9H12O2. The normalized spacial score (nSPS) is 13.0. The van der Waals surface area contributed by atoms with Crippen molar-refractivity contribution in [1.82, 2.24) is 0 Å². The van der Waals surface area contributed by atoms with Crippen LogP contribution in [0.4, 0.5) is 0 Å². The fraction of sp³-hybridized carbons (Fsp3) is 0.333. The number of hydrogen-bond donors (Lipinski definition) is 1. The fourth-order valence-corrected chi connectivity index (χ4v) is 0.867. The molecule has 0 spiro atoms. The van der Waals surface area contributed by atoms with Gasteiger partial charge in [-0.05, 0) is 6.92 Å². The summed E-state index contributed by atoms with van der Waals surface area (Å²) in [5.41, 5.74) is 1.97. The van der Waals surface area contributed by atoms with Crippen LogP contribution in [-0.4, -0.2) is 12.2 Å². The Morgan fingerprint density at radius 1 is 1.27 bits per heavy atom. The van der Waals surface area contributed by atoms with E-state index in [9.17, 15) is 5.11 Å². The molecule has 1 atom stereocenters. The Labute approximate surface area is 66.4 Å². The van der Waals surface area contributed by atoms with Gasteiger partial charge in [-0.1, -0.05) is 29.8 Å². The minimum absolute atomic E-state index is 0.790. The van der Waals surface area contributed by atoms with E-state index in [1.165, 1.54) is 12.7 Å². The summed E-state index contributed by atoms with van der Waals surface area (Å²) < 4.78 is 4.73. The number of benzene rings is 1. The van der Waals surface area contributed by atoms with Gasteiger partial charge in [0, 0.05) is 12.7 Å². The quantitative estimate of drug-likeness (QED) is 0.653. The van der Waals surface area contributed by atoms with Crippen LogP contribution in [0.5, 0.6) is 0 Å². The first-order valence-electron chi connectivity index (χ1n) is 3.51. The molecule has 0 saturated carbocycles. The van der Waals surface area contributed by atoms with Crippen molar-refractivity contribution < 1.29 is 9.84 Å². The van der Waals surface area contributed by atoms with Crippen LogP contribution in [0.15, 0.2) is 24.3 Å². The Morgan fingerprint density at radius 2 is 1.82 bits per heavy atom. The molecule has 0 aliphatic carbocycles. The molecule has 0 saturated heterocycles. The van der Waals surface area contributed by atoms with Gasteiger partial charge in [0.2, 0.25) is 0 Å². The zero-order chi connectivity index (χ0) is 8.27. The third-order valence-corrected chi connectivity index (χ3v) is 1.59. The average Bonchev–Trinajstić information content (AvgIpc) is 2.05. The predicted molar refractivity (Wildman–Crippen MR) is 43.1 cm³/mol. The van der Waals surface area contributed by atoms with E-state index in [1.54, 1.807) is 0 Å². The lowest BCUT2D eigenvalue weighted by atomic mass is 10.1. The molecule has 1 N–H and O–H groups in total. The van der Waals surface area contributed by atoms with E-state index < -0.39 is 6.29 Å². The largest absolute Gasteiger partial charge is 0.364 e. The Morgan fingerprint density at radius 3 is 2.27 bits per heavy atom. The van der Waals surface area contributed by atoms with E-state index in [2.05, 4.69) is 0 Å². The van der Waals surface area contributed by atoms with E-state index in [1.807, 2.05) is 31.2 Å². The number of ether oxygens (including phenoxy) is 1. The maximum Gasteiger partial charge on any atom is 0.180 e. The molecule has 1 rings (SSSR count). The number of hydrogen-bond acceptors (Lipinski definition) is 2. The number of aliphatic hydroxyl groups excluding tert-OH is 1. The van der Waals surface area contributed by atoms with Crippen LogP contribution in [0.25, 0.3) is 0 Å². The first-order chi connectivity index (χ1) is 5.24. The number of aryl methyl sites for hydroxylation is 1. The van der Waals surface area contributed by atoms with Crippen molar-refractivity contribution in [1.29, 1.82) is 0 Å². The van der Waals surface area contributed by atoms with E-state index in [0.717, 1.165) is 5.56 Å². The van der Waals surface area contributed by atoms with Crippen LogP contribution < -0.4 is 0 Å². The maximum absolute atomic E-state index is 9.20. The van der Waals surface area contributed by atoms with Crippen LogP contribution in [0.2, 0.25) is 0 Å². The van der Waals surface area contributed by atoms with Crippen LogP contribution in [-0.2, 0) is 4.74 Å². The Balaban J connectivity index is 2.81.